The van der Waals surface area contributed by atoms with Gasteiger partial charge in [0.05, 0.1) is 5.56 Å². The highest BCUT2D eigenvalue weighted by molar-refractivity contribution is 5.85. The normalized spacial score (nSPS) is 10.5. The van der Waals surface area contributed by atoms with Gasteiger partial charge >= 0.3 is 5.63 Å². The first-order valence-corrected chi connectivity index (χ1v) is 5.42. The Morgan fingerprint density at radius 3 is 2.65 bits per heavy atom. The van der Waals surface area contributed by atoms with Crippen LogP contribution in [0.5, 0.6) is 0 Å². The predicted molar refractivity (Wildman–Crippen MR) is 71.6 cm³/mol. The molecule has 0 unspecified atom stereocenters. The zero-order chi connectivity index (χ0) is 12.6. The van der Waals surface area contributed by atoms with Gasteiger partial charge in [-0.15, -0.1) is 0 Å². The van der Waals surface area contributed by atoms with E-state index >= 15 is 0 Å². The van der Waals surface area contributed by atoms with E-state index in [0.717, 1.165) is 16.6 Å². The third-order valence-corrected chi connectivity index (χ3v) is 2.92. The van der Waals surface area contributed by atoms with Crippen LogP contribution in [-0.4, -0.2) is 14.1 Å². The summed E-state index contributed by atoms with van der Waals surface area (Å²) >= 11 is 0. The molecule has 3 heteroatoms. The van der Waals surface area contributed by atoms with Crippen molar-refractivity contribution in [3.63, 3.8) is 0 Å². The van der Waals surface area contributed by atoms with Crippen molar-refractivity contribution in [2.75, 3.05) is 19.0 Å². The fraction of sp³-hybridized carbons (Fsp3) is 0.214. The van der Waals surface area contributed by atoms with Crippen LogP contribution in [-0.2, 0) is 0 Å². The van der Waals surface area contributed by atoms with Gasteiger partial charge in [-0.1, -0.05) is 12.7 Å². The number of fused-ring (bicyclic) bond motifs is 1. The van der Waals surface area contributed by atoms with Crippen LogP contribution in [0, 0.1) is 6.92 Å². The Morgan fingerprint density at radius 1 is 1.35 bits per heavy atom. The van der Waals surface area contributed by atoms with E-state index < -0.39 is 0 Å². The van der Waals surface area contributed by atoms with Crippen LogP contribution in [0.3, 0.4) is 0 Å². The number of anilines is 1. The van der Waals surface area contributed by atoms with E-state index in [2.05, 4.69) is 6.58 Å². The average Bonchev–Trinajstić information content (AvgIpc) is 2.28. The van der Waals surface area contributed by atoms with Gasteiger partial charge in [-0.2, -0.15) is 0 Å². The first-order valence-electron chi connectivity index (χ1n) is 5.42. The highest BCUT2D eigenvalue weighted by Gasteiger charge is 2.09. The van der Waals surface area contributed by atoms with Gasteiger partial charge in [0.25, 0.3) is 0 Å². The number of benzene rings is 1. The van der Waals surface area contributed by atoms with Gasteiger partial charge in [-0.05, 0) is 24.6 Å². The van der Waals surface area contributed by atoms with Gasteiger partial charge in [0.2, 0.25) is 0 Å². The van der Waals surface area contributed by atoms with Gasteiger partial charge in [-0.3, -0.25) is 0 Å². The van der Waals surface area contributed by atoms with Gasteiger partial charge in [0.15, 0.2) is 0 Å². The fourth-order valence-electron chi connectivity index (χ4n) is 1.87. The monoisotopic (exact) mass is 229 g/mol. The van der Waals surface area contributed by atoms with Crippen LogP contribution in [0.2, 0.25) is 0 Å². The van der Waals surface area contributed by atoms with E-state index in [9.17, 15) is 4.79 Å². The minimum absolute atomic E-state index is 0.332. The maximum atomic E-state index is 11.7. The Kier molecular flexibility index (Phi) is 2.76. The standard InChI is InChI=1S/C14H15NO2/c1-5-11-9(2)12-7-6-10(15(3)4)8-13(12)17-14(11)16/h5-8H,1H2,2-4H3. The molecule has 0 atom stereocenters. The highest BCUT2D eigenvalue weighted by atomic mass is 16.4. The zero-order valence-electron chi connectivity index (χ0n) is 10.3. The third-order valence-electron chi connectivity index (χ3n) is 2.92. The lowest BCUT2D eigenvalue weighted by Gasteiger charge is -2.13. The second-order valence-corrected chi connectivity index (χ2v) is 4.21. The summed E-state index contributed by atoms with van der Waals surface area (Å²) in [6.07, 6.45) is 1.54. The second-order valence-electron chi connectivity index (χ2n) is 4.21. The Morgan fingerprint density at radius 2 is 2.06 bits per heavy atom. The molecular formula is C14H15NO2. The molecule has 2 rings (SSSR count). The van der Waals surface area contributed by atoms with Crippen molar-refractivity contribution in [3.8, 4) is 0 Å². The Hall–Kier alpha value is -2.03. The predicted octanol–water partition coefficient (Wildman–Crippen LogP) is 2.81. The molecule has 17 heavy (non-hydrogen) atoms. The van der Waals surface area contributed by atoms with Crippen molar-refractivity contribution in [2.45, 2.75) is 6.92 Å². The van der Waals surface area contributed by atoms with Gasteiger partial charge < -0.3 is 9.32 Å². The number of nitrogens with zero attached hydrogens (tertiary/aromatic N) is 1. The van der Waals surface area contributed by atoms with Crippen molar-refractivity contribution in [1.82, 2.24) is 0 Å². The maximum absolute atomic E-state index is 11.7. The molecule has 0 radical (unpaired) electrons. The van der Waals surface area contributed by atoms with Crippen LogP contribution < -0.4 is 10.5 Å². The SMILES string of the molecule is C=Cc1c(C)c2ccc(N(C)C)cc2oc1=O. The molecule has 1 aromatic carbocycles. The minimum Gasteiger partial charge on any atom is -0.422 e. The summed E-state index contributed by atoms with van der Waals surface area (Å²) in [5.41, 5.74) is 2.74. The molecule has 0 aliphatic heterocycles. The Balaban J connectivity index is 2.82. The van der Waals surface area contributed by atoms with E-state index in [1.54, 1.807) is 6.08 Å². The molecular weight excluding hydrogens is 214 g/mol. The number of aryl methyl sites for hydroxylation is 1. The summed E-state index contributed by atoms with van der Waals surface area (Å²) in [4.78, 5) is 13.7. The molecule has 0 N–H and O–H groups in total. The number of rotatable bonds is 2. The molecule has 2 aromatic rings. The molecule has 1 aromatic heterocycles. The largest absolute Gasteiger partial charge is 0.422 e. The fourth-order valence-corrected chi connectivity index (χ4v) is 1.87. The molecule has 0 aliphatic rings. The molecule has 3 nitrogen and oxygen atoms in total. The summed E-state index contributed by atoms with van der Waals surface area (Å²) in [6.45, 7) is 5.55. The van der Waals surface area contributed by atoms with Crippen LogP contribution in [0.1, 0.15) is 11.1 Å². The molecule has 0 saturated carbocycles. The maximum Gasteiger partial charge on any atom is 0.343 e. The van der Waals surface area contributed by atoms with Crippen LogP contribution in [0.4, 0.5) is 5.69 Å². The first-order chi connectivity index (χ1) is 8.04. The summed E-state index contributed by atoms with van der Waals surface area (Å²) in [5.74, 6) is 0. The molecule has 0 saturated heterocycles. The topological polar surface area (TPSA) is 33.5 Å². The highest BCUT2D eigenvalue weighted by Crippen LogP contribution is 2.24. The smallest absolute Gasteiger partial charge is 0.343 e. The van der Waals surface area contributed by atoms with Crippen molar-refractivity contribution >= 4 is 22.7 Å². The van der Waals surface area contributed by atoms with E-state index in [4.69, 9.17) is 4.42 Å². The van der Waals surface area contributed by atoms with Crippen LogP contribution in [0.15, 0.2) is 34.0 Å². The lowest BCUT2D eigenvalue weighted by Crippen LogP contribution is -2.09. The van der Waals surface area contributed by atoms with Crippen molar-refractivity contribution in [2.24, 2.45) is 0 Å². The first kappa shape index (κ1) is 11.5. The third kappa shape index (κ3) is 1.84. The van der Waals surface area contributed by atoms with Crippen LogP contribution >= 0.6 is 0 Å². The minimum atomic E-state index is -0.332. The molecule has 0 bridgehead atoms. The molecule has 0 amide bonds. The average molecular weight is 229 g/mol. The summed E-state index contributed by atoms with van der Waals surface area (Å²) < 4.78 is 5.30. The summed E-state index contributed by atoms with van der Waals surface area (Å²) in [5, 5.41) is 0.949. The van der Waals surface area contributed by atoms with Crippen molar-refractivity contribution in [1.29, 1.82) is 0 Å². The lowest BCUT2D eigenvalue weighted by molar-refractivity contribution is 0.558. The van der Waals surface area contributed by atoms with E-state index in [-0.39, 0.29) is 5.63 Å². The molecule has 88 valence electrons. The zero-order valence-corrected chi connectivity index (χ0v) is 10.3. The van der Waals surface area contributed by atoms with Crippen LogP contribution in [0.25, 0.3) is 17.0 Å². The Labute approximate surface area is 100.0 Å². The quantitative estimate of drug-likeness (QED) is 0.742. The summed E-state index contributed by atoms with van der Waals surface area (Å²) in [7, 11) is 3.90. The van der Waals surface area contributed by atoms with E-state index in [1.165, 1.54) is 0 Å². The number of hydrogen-bond acceptors (Lipinski definition) is 3. The van der Waals surface area contributed by atoms with Crippen molar-refractivity contribution < 1.29 is 4.42 Å². The Bertz CT molecular complexity index is 638. The lowest BCUT2D eigenvalue weighted by atomic mass is 10.1. The molecule has 0 spiro atoms. The molecule has 0 fully saturated rings. The van der Waals surface area contributed by atoms with Gasteiger partial charge in [0.1, 0.15) is 5.58 Å². The summed E-state index contributed by atoms with van der Waals surface area (Å²) in [6, 6.07) is 5.84. The van der Waals surface area contributed by atoms with E-state index in [1.807, 2.05) is 44.1 Å². The molecule has 0 aliphatic carbocycles. The van der Waals surface area contributed by atoms with E-state index in [0.29, 0.717) is 11.1 Å². The number of hydrogen-bond donors (Lipinski definition) is 0. The van der Waals surface area contributed by atoms with Gasteiger partial charge in [-0.25, -0.2) is 4.79 Å². The van der Waals surface area contributed by atoms with Gasteiger partial charge in [0, 0.05) is 31.2 Å². The molecule has 1 heterocycles. The van der Waals surface area contributed by atoms with Crippen molar-refractivity contribution in [3.05, 3.63) is 46.3 Å². The second kappa shape index (κ2) is 4.09.